The van der Waals surface area contributed by atoms with Gasteiger partial charge < -0.3 is 5.11 Å². The monoisotopic (exact) mass is 165 g/mol. The summed E-state index contributed by atoms with van der Waals surface area (Å²) in [5, 5.41) is 9.53. The molecule has 0 bridgehead atoms. The molecule has 0 saturated carbocycles. The van der Waals surface area contributed by atoms with Crippen molar-refractivity contribution in [1.82, 2.24) is 4.98 Å². The molecule has 0 unspecified atom stereocenters. The van der Waals surface area contributed by atoms with E-state index >= 15 is 0 Å². The quantitative estimate of drug-likeness (QED) is 0.723. The molecule has 1 N–H and O–H groups in total. The van der Waals surface area contributed by atoms with Crippen LogP contribution >= 0.6 is 0 Å². The van der Waals surface area contributed by atoms with Crippen LogP contribution in [0, 0.1) is 6.92 Å². The third-order valence-corrected chi connectivity index (χ3v) is 1.57. The Hall–Kier alpha value is -0.890. The minimum Gasteiger partial charge on any atom is -0.390 e. The Bertz CT molecular complexity index is 263. The largest absolute Gasteiger partial charge is 0.390 e. The van der Waals surface area contributed by atoms with Crippen molar-refractivity contribution < 1.29 is 5.11 Å². The lowest BCUT2D eigenvalue weighted by Crippen LogP contribution is -2.21. The zero-order valence-corrected chi connectivity index (χ0v) is 7.83. The predicted octanol–water partition coefficient (Wildman–Crippen LogP) is 1.70. The van der Waals surface area contributed by atoms with Crippen molar-refractivity contribution in [2.24, 2.45) is 0 Å². The number of aryl methyl sites for hydroxylation is 1. The fraction of sp³-hybridized carbons (Fsp3) is 0.500. The van der Waals surface area contributed by atoms with Crippen LogP contribution in [0.5, 0.6) is 0 Å². The van der Waals surface area contributed by atoms with E-state index in [9.17, 15) is 5.11 Å². The molecule has 2 nitrogen and oxygen atoms in total. The van der Waals surface area contributed by atoms with E-state index in [1.165, 1.54) is 0 Å². The fourth-order valence-corrected chi connectivity index (χ4v) is 1.21. The Kier molecular flexibility index (Phi) is 2.48. The van der Waals surface area contributed by atoms with Gasteiger partial charge in [0.05, 0.1) is 5.60 Å². The van der Waals surface area contributed by atoms with E-state index in [1.54, 1.807) is 20.0 Å². The number of hydrogen-bond donors (Lipinski definition) is 1. The van der Waals surface area contributed by atoms with Crippen molar-refractivity contribution in [3.05, 3.63) is 29.6 Å². The van der Waals surface area contributed by atoms with Gasteiger partial charge in [-0.3, -0.25) is 4.98 Å². The summed E-state index contributed by atoms with van der Waals surface area (Å²) in [4.78, 5) is 4.06. The molecule has 0 spiro atoms. The Labute approximate surface area is 73.3 Å². The Morgan fingerprint density at radius 1 is 1.42 bits per heavy atom. The third kappa shape index (κ3) is 3.01. The number of rotatable bonds is 2. The number of aliphatic hydroxyl groups is 1. The van der Waals surface area contributed by atoms with E-state index in [1.807, 2.05) is 19.2 Å². The van der Waals surface area contributed by atoms with Gasteiger partial charge in [0.2, 0.25) is 0 Å². The number of pyridine rings is 1. The Morgan fingerprint density at radius 2 is 2.08 bits per heavy atom. The average molecular weight is 165 g/mol. The lowest BCUT2D eigenvalue weighted by Gasteiger charge is -2.16. The molecule has 0 amide bonds. The smallest absolute Gasteiger partial charge is 0.0632 e. The normalized spacial score (nSPS) is 11.7. The summed E-state index contributed by atoms with van der Waals surface area (Å²) in [6.45, 7) is 5.60. The van der Waals surface area contributed by atoms with Crippen molar-refractivity contribution in [3.8, 4) is 0 Å². The molecule has 0 aliphatic rings. The van der Waals surface area contributed by atoms with Crippen molar-refractivity contribution in [2.75, 3.05) is 0 Å². The van der Waals surface area contributed by atoms with E-state index in [4.69, 9.17) is 0 Å². The number of nitrogens with zero attached hydrogens (tertiary/aromatic N) is 1. The molecular weight excluding hydrogens is 150 g/mol. The van der Waals surface area contributed by atoms with Crippen molar-refractivity contribution in [1.29, 1.82) is 0 Å². The summed E-state index contributed by atoms with van der Waals surface area (Å²) in [6, 6.07) is 2.05. The molecule has 12 heavy (non-hydrogen) atoms. The van der Waals surface area contributed by atoms with Crippen LogP contribution in [0.2, 0.25) is 0 Å². The first-order valence-corrected chi connectivity index (χ1v) is 4.10. The molecule has 0 aliphatic heterocycles. The van der Waals surface area contributed by atoms with Crippen LogP contribution in [0.4, 0.5) is 0 Å². The highest BCUT2D eigenvalue weighted by Gasteiger charge is 2.13. The molecule has 0 saturated heterocycles. The van der Waals surface area contributed by atoms with Crippen molar-refractivity contribution in [3.63, 3.8) is 0 Å². The second-order valence-electron chi connectivity index (χ2n) is 3.86. The van der Waals surface area contributed by atoms with Gasteiger partial charge in [-0.1, -0.05) is 6.07 Å². The lowest BCUT2D eigenvalue weighted by atomic mass is 9.99. The molecule has 1 aromatic rings. The fourth-order valence-electron chi connectivity index (χ4n) is 1.21. The van der Waals surface area contributed by atoms with Gasteiger partial charge in [0.1, 0.15) is 0 Å². The highest BCUT2D eigenvalue weighted by atomic mass is 16.3. The first kappa shape index (κ1) is 9.20. The maximum atomic E-state index is 9.53. The van der Waals surface area contributed by atoms with Crippen molar-refractivity contribution >= 4 is 0 Å². The summed E-state index contributed by atoms with van der Waals surface area (Å²) in [5.41, 5.74) is 1.58. The standard InChI is InChI=1S/C10H15NO/c1-8-4-9(7-11-6-8)5-10(2,3)12/h4,6-7,12H,5H2,1-3H3. The molecule has 0 atom stereocenters. The number of aromatic nitrogens is 1. The molecule has 66 valence electrons. The Morgan fingerprint density at radius 3 is 2.58 bits per heavy atom. The van der Waals surface area contributed by atoms with E-state index in [0.29, 0.717) is 6.42 Å². The Balaban J connectivity index is 2.77. The minimum atomic E-state index is -0.643. The molecular formula is C10H15NO. The lowest BCUT2D eigenvalue weighted by molar-refractivity contribution is 0.0809. The van der Waals surface area contributed by atoms with Crippen LogP contribution in [0.15, 0.2) is 18.5 Å². The molecule has 2 heteroatoms. The molecule has 0 aromatic carbocycles. The van der Waals surface area contributed by atoms with Gasteiger partial charge in [0.15, 0.2) is 0 Å². The highest BCUT2D eigenvalue weighted by molar-refractivity contribution is 5.17. The zero-order chi connectivity index (χ0) is 9.19. The van der Waals surface area contributed by atoms with E-state index in [-0.39, 0.29) is 0 Å². The van der Waals surface area contributed by atoms with Gasteiger partial charge in [-0.05, 0) is 31.9 Å². The second kappa shape index (κ2) is 3.23. The van der Waals surface area contributed by atoms with Gasteiger partial charge in [0, 0.05) is 18.8 Å². The summed E-state index contributed by atoms with van der Waals surface area (Å²) in [7, 11) is 0. The zero-order valence-electron chi connectivity index (χ0n) is 7.83. The van der Waals surface area contributed by atoms with Crippen LogP contribution in [0.25, 0.3) is 0 Å². The maximum Gasteiger partial charge on any atom is 0.0632 e. The van der Waals surface area contributed by atoms with Crippen LogP contribution in [0.3, 0.4) is 0 Å². The van der Waals surface area contributed by atoms with Gasteiger partial charge in [-0.2, -0.15) is 0 Å². The van der Waals surface area contributed by atoms with Crippen LogP contribution in [-0.2, 0) is 6.42 Å². The van der Waals surface area contributed by atoms with Crippen LogP contribution in [0.1, 0.15) is 25.0 Å². The molecule has 0 radical (unpaired) electrons. The molecule has 1 aromatic heterocycles. The molecule has 1 rings (SSSR count). The minimum absolute atomic E-state index is 0.643. The molecule has 0 aliphatic carbocycles. The van der Waals surface area contributed by atoms with Crippen LogP contribution in [-0.4, -0.2) is 15.7 Å². The van der Waals surface area contributed by atoms with Crippen LogP contribution < -0.4 is 0 Å². The molecule has 1 heterocycles. The summed E-state index contributed by atoms with van der Waals surface area (Å²) < 4.78 is 0. The number of hydrogen-bond acceptors (Lipinski definition) is 2. The van der Waals surface area contributed by atoms with Gasteiger partial charge in [-0.25, -0.2) is 0 Å². The van der Waals surface area contributed by atoms with Gasteiger partial charge in [0.25, 0.3) is 0 Å². The van der Waals surface area contributed by atoms with E-state index in [0.717, 1.165) is 11.1 Å². The first-order valence-electron chi connectivity index (χ1n) is 4.10. The van der Waals surface area contributed by atoms with Crippen molar-refractivity contribution in [2.45, 2.75) is 32.8 Å². The van der Waals surface area contributed by atoms with Gasteiger partial charge >= 0.3 is 0 Å². The predicted molar refractivity (Wildman–Crippen MR) is 49.0 cm³/mol. The second-order valence-corrected chi connectivity index (χ2v) is 3.86. The summed E-state index contributed by atoms with van der Waals surface area (Å²) in [6.07, 6.45) is 4.26. The van der Waals surface area contributed by atoms with Gasteiger partial charge in [-0.15, -0.1) is 0 Å². The SMILES string of the molecule is Cc1cncc(CC(C)(C)O)c1. The highest BCUT2D eigenvalue weighted by Crippen LogP contribution is 2.11. The maximum absolute atomic E-state index is 9.53. The summed E-state index contributed by atoms with van der Waals surface area (Å²) in [5.74, 6) is 0. The topological polar surface area (TPSA) is 33.1 Å². The third-order valence-electron chi connectivity index (χ3n) is 1.57. The first-order chi connectivity index (χ1) is 5.47. The summed E-state index contributed by atoms with van der Waals surface area (Å²) >= 11 is 0. The van der Waals surface area contributed by atoms with E-state index < -0.39 is 5.60 Å². The van der Waals surface area contributed by atoms with E-state index in [2.05, 4.69) is 4.98 Å². The average Bonchev–Trinajstić information content (AvgIpc) is 1.82. The molecule has 0 fully saturated rings.